The fourth-order valence-corrected chi connectivity index (χ4v) is 2.24. The van der Waals surface area contributed by atoms with E-state index >= 15 is 0 Å². The molecule has 0 bridgehead atoms. The van der Waals surface area contributed by atoms with E-state index in [1.54, 1.807) is 0 Å². The molecule has 0 rings (SSSR count). The van der Waals surface area contributed by atoms with E-state index in [0.29, 0.717) is 0 Å². The predicted octanol–water partition coefficient (Wildman–Crippen LogP) is 6.65. The van der Waals surface area contributed by atoms with Gasteiger partial charge in [-0.3, -0.25) is 0 Å². The molecule has 0 atom stereocenters. The normalized spacial score (nSPS) is 12.5. The highest BCUT2D eigenvalue weighted by Gasteiger charge is 1.93. The SMILES string of the molecule is CCC=CC=CC=CC=CN(C)CCCCCCCCCC. The predicted molar refractivity (Wildman–Crippen MR) is 102 cm³/mol. The number of nitrogens with zero attached hydrogens (tertiary/aromatic N) is 1. The lowest BCUT2D eigenvalue weighted by Gasteiger charge is -2.13. The van der Waals surface area contributed by atoms with E-state index in [0.717, 1.165) is 13.0 Å². The van der Waals surface area contributed by atoms with Crippen molar-refractivity contribution in [3.8, 4) is 0 Å². The molecule has 0 aromatic heterocycles. The van der Waals surface area contributed by atoms with Crippen molar-refractivity contribution in [3.05, 3.63) is 48.7 Å². The molecule has 0 aromatic carbocycles. The molecular formula is C21H37N. The minimum absolute atomic E-state index is 1.09. The van der Waals surface area contributed by atoms with Gasteiger partial charge in [0.25, 0.3) is 0 Å². The highest BCUT2D eigenvalue weighted by atomic mass is 15.1. The zero-order chi connectivity index (χ0) is 16.3. The lowest BCUT2D eigenvalue weighted by atomic mass is 10.1. The van der Waals surface area contributed by atoms with Crippen LogP contribution in [0.3, 0.4) is 0 Å². The van der Waals surface area contributed by atoms with Gasteiger partial charge in [0.2, 0.25) is 0 Å². The van der Waals surface area contributed by atoms with Gasteiger partial charge in [-0.2, -0.15) is 0 Å². The summed E-state index contributed by atoms with van der Waals surface area (Å²) in [7, 11) is 2.16. The van der Waals surface area contributed by atoms with Crippen molar-refractivity contribution in [1.29, 1.82) is 0 Å². The number of hydrogen-bond donors (Lipinski definition) is 0. The smallest absolute Gasteiger partial charge is 0.0169 e. The Labute approximate surface area is 139 Å². The van der Waals surface area contributed by atoms with Crippen LogP contribution in [0.1, 0.15) is 71.6 Å². The van der Waals surface area contributed by atoms with E-state index in [-0.39, 0.29) is 0 Å². The quantitative estimate of drug-likeness (QED) is 0.256. The van der Waals surface area contributed by atoms with Gasteiger partial charge >= 0.3 is 0 Å². The first-order chi connectivity index (χ1) is 10.8. The summed E-state index contributed by atoms with van der Waals surface area (Å²) in [5.41, 5.74) is 0. The summed E-state index contributed by atoms with van der Waals surface area (Å²) in [5.74, 6) is 0. The second kappa shape index (κ2) is 17.8. The van der Waals surface area contributed by atoms with Crippen molar-refractivity contribution in [2.75, 3.05) is 13.6 Å². The third-order valence-corrected chi connectivity index (χ3v) is 3.63. The average Bonchev–Trinajstić information content (AvgIpc) is 2.52. The molecule has 1 heteroatoms. The highest BCUT2D eigenvalue weighted by Crippen LogP contribution is 2.08. The molecule has 0 aliphatic heterocycles. The zero-order valence-electron chi connectivity index (χ0n) is 15.1. The van der Waals surface area contributed by atoms with E-state index in [9.17, 15) is 0 Å². The van der Waals surface area contributed by atoms with Gasteiger partial charge in [0.15, 0.2) is 0 Å². The fraction of sp³-hybridized carbons (Fsp3) is 0.619. The third-order valence-electron chi connectivity index (χ3n) is 3.63. The Morgan fingerprint density at radius 2 is 1.18 bits per heavy atom. The van der Waals surface area contributed by atoms with E-state index in [1.807, 2.05) is 0 Å². The van der Waals surface area contributed by atoms with Gasteiger partial charge in [-0.25, -0.2) is 0 Å². The van der Waals surface area contributed by atoms with Gasteiger partial charge in [-0.1, -0.05) is 95.2 Å². The molecule has 0 radical (unpaired) electrons. The Hall–Kier alpha value is -1.24. The number of hydrogen-bond acceptors (Lipinski definition) is 1. The van der Waals surface area contributed by atoms with Crippen LogP contribution in [-0.4, -0.2) is 18.5 Å². The summed E-state index contributed by atoms with van der Waals surface area (Å²) >= 11 is 0. The summed E-state index contributed by atoms with van der Waals surface area (Å²) in [6.45, 7) is 5.58. The maximum atomic E-state index is 2.28. The van der Waals surface area contributed by atoms with Gasteiger partial charge in [-0.05, 0) is 25.1 Å². The summed E-state index contributed by atoms with van der Waals surface area (Å²) in [6, 6.07) is 0. The molecule has 0 saturated carbocycles. The number of rotatable bonds is 14. The first-order valence-electron chi connectivity index (χ1n) is 9.18. The number of unbranched alkanes of at least 4 members (excludes halogenated alkanes) is 7. The summed E-state index contributed by atoms with van der Waals surface area (Å²) < 4.78 is 0. The lowest BCUT2D eigenvalue weighted by molar-refractivity contribution is 0.428. The highest BCUT2D eigenvalue weighted by molar-refractivity contribution is 5.15. The minimum atomic E-state index is 1.09. The van der Waals surface area contributed by atoms with Crippen LogP contribution in [0.2, 0.25) is 0 Å². The molecule has 22 heavy (non-hydrogen) atoms. The fourth-order valence-electron chi connectivity index (χ4n) is 2.24. The Bertz CT molecular complexity index is 323. The Kier molecular flexibility index (Phi) is 16.8. The molecule has 0 saturated heterocycles. The lowest BCUT2D eigenvalue weighted by Crippen LogP contribution is -2.11. The largest absolute Gasteiger partial charge is 0.380 e. The summed E-state index contributed by atoms with van der Waals surface area (Å²) in [4.78, 5) is 2.28. The monoisotopic (exact) mass is 303 g/mol. The average molecular weight is 304 g/mol. The van der Waals surface area contributed by atoms with Crippen LogP contribution in [0.15, 0.2) is 48.7 Å². The van der Waals surface area contributed by atoms with Crippen LogP contribution < -0.4 is 0 Å². The molecule has 0 fully saturated rings. The zero-order valence-corrected chi connectivity index (χ0v) is 15.1. The molecule has 0 spiro atoms. The maximum absolute atomic E-state index is 2.28. The van der Waals surface area contributed by atoms with Crippen molar-refractivity contribution in [2.45, 2.75) is 71.6 Å². The van der Waals surface area contributed by atoms with Crippen LogP contribution in [0.4, 0.5) is 0 Å². The van der Waals surface area contributed by atoms with Crippen molar-refractivity contribution < 1.29 is 0 Å². The van der Waals surface area contributed by atoms with E-state index in [4.69, 9.17) is 0 Å². The topological polar surface area (TPSA) is 3.24 Å². The minimum Gasteiger partial charge on any atom is -0.380 e. The van der Waals surface area contributed by atoms with Crippen LogP contribution >= 0.6 is 0 Å². The summed E-state index contributed by atoms with van der Waals surface area (Å²) in [5, 5.41) is 0. The van der Waals surface area contributed by atoms with Gasteiger partial charge < -0.3 is 4.90 Å². The Morgan fingerprint density at radius 3 is 1.82 bits per heavy atom. The first kappa shape index (κ1) is 20.8. The number of allylic oxidation sites excluding steroid dienone is 7. The van der Waals surface area contributed by atoms with E-state index in [2.05, 4.69) is 74.5 Å². The molecule has 126 valence electrons. The van der Waals surface area contributed by atoms with Crippen molar-refractivity contribution in [3.63, 3.8) is 0 Å². The third kappa shape index (κ3) is 16.8. The molecule has 0 N–H and O–H groups in total. The molecule has 1 nitrogen and oxygen atoms in total. The Morgan fingerprint density at radius 1 is 0.636 bits per heavy atom. The summed E-state index contributed by atoms with van der Waals surface area (Å²) in [6.07, 6.45) is 29.0. The molecular weight excluding hydrogens is 266 g/mol. The van der Waals surface area contributed by atoms with Crippen molar-refractivity contribution in [2.24, 2.45) is 0 Å². The van der Waals surface area contributed by atoms with Gasteiger partial charge in [0.1, 0.15) is 0 Å². The molecule has 0 aliphatic carbocycles. The molecule has 0 heterocycles. The molecule has 0 amide bonds. The molecule has 0 aromatic rings. The molecule has 0 aliphatic rings. The standard InChI is InChI=1S/C21H37N/c1-4-6-8-10-12-14-16-18-20-22(3)21-19-17-15-13-11-9-7-5-2/h6,8,10,12,14,16,18,20H,4-5,7,9,11,13,15,17,19,21H2,1-3H3. The van der Waals surface area contributed by atoms with E-state index in [1.165, 1.54) is 51.4 Å². The second-order valence-corrected chi connectivity index (χ2v) is 5.90. The van der Waals surface area contributed by atoms with Gasteiger partial charge in [0.05, 0.1) is 0 Å². The van der Waals surface area contributed by atoms with Crippen LogP contribution in [-0.2, 0) is 0 Å². The Balaban J connectivity index is 3.50. The van der Waals surface area contributed by atoms with Crippen LogP contribution in [0, 0.1) is 0 Å². The van der Waals surface area contributed by atoms with E-state index < -0.39 is 0 Å². The second-order valence-electron chi connectivity index (χ2n) is 5.90. The van der Waals surface area contributed by atoms with Crippen LogP contribution in [0.5, 0.6) is 0 Å². The van der Waals surface area contributed by atoms with Gasteiger partial charge in [0, 0.05) is 13.6 Å². The first-order valence-corrected chi connectivity index (χ1v) is 9.18. The maximum Gasteiger partial charge on any atom is 0.0169 e. The van der Waals surface area contributed by atoms with Crippen molar-refractivity contribution >= 4 is 0 Å². The molecule has 0 unspecified atom stereocenters. The van der Waals surface area contributed by atoms with Gasteiger partial charge in [-0.15, -0.1) is 0 Å². The van der Waals surface area contributed by atoms with Crippen molar-refractivity contribution in [1.82, 2.24) is 4.90 Å². The van der Waals surface area contributed by atoms with Crippen LogP contribution in [0.25, 0.3) is 0 Å².